The second kappa shape index (κ2) is 8.00. The van der Waals surface area contributed by atoms with Crippen LogP contribution in [0.4, 0.5) is 11.4 Å². The van der Waals surface area contributed by atoms with Crippen molar-refractivity contribution in [1.29, 1.82) is 0 Å². The molecule has 5 rings (SSSR count). The Morgan fingerprint density at radius 3 is 2.73 bits per heavy atom. The number of hydrogen-bond acceptors (Lipinski definition) is 3. The minimum atomic E-state index is 0.297. The quantitative estimate of drug-likeness (QED) is 0.371. The highest BCUT2D eigenvalue weighted by Gasteiger charge is 2.37. The third-order valence-electron chi connectivity index (χ3n) is 6.07. The van der Waals surface area contributed by atoms with Crippen LogP contribution in [0.1, 0.15) is 35.1 Å². The Hall–Kier alpha value is -3.04. The molecule has 1 heterocycles. The molecule has 1 aliphatic carbocycles. The summed E-state index contributed by atoms with van der Waals surface area (Å²) in [4.78, 5) is 4.62. The number of hydrogen-bond donors (Lipinski definition) is 1. The first-order valence-electron chi connectivity index (χ1n) is 10.2. The van der Waals surface area contributed by atoms with Gasteiger partial charge < -0.3 is 10.1 Å². The zero-order valence-corrected chi connectivity index (χ0v) is 17.5. The van der Waals surface area contributed by atoms with Gasteiger partial charge in [0.05, 0.1) is 18.8 Å². The van der Waals surface area contributed by atoms with Crippen LogP contribution in [0, 0.1) is 5.92 Å². The third-order valence-corrected chi connectivity index (χ3v) is 6.30. The van der Waals surface area contributed by atoms with E-state index in [-0.39, 0.29) is 0 Å². The van der Waals surface area contributed by atoms with Crippen molar-refractivity contribution < 1.29 is 4.74 Å². The first-order chi connectivity index (χ1) is 14.7. The number of benzene rings is 3. The number of halogens is 1. The predicted molar refractivity (Wildman–Crippen MR) is 124 cm³/mol. The lowest BCUT2D eigenvalue weighted by atomic mass is 9.77. The molecule has 0 unspecified atom stereocenters. The van der Waals surface area contributed by atoms with E-state index in [2.05, 4.69) is 71.0 Å². The maximum Gasteiger partial charge on any atom is 0.127 e. The Morgan fingerprint density at radius 1 is 1.07 bits per heavy atom. The van der Waals surface area contributed by atoms with E-state index in [1.807, 2.05) is 18.2 Å². The number of nitrogens with zero attached hydrogens (tertiary/aromatic N) is 1. The fourth-order valence-corrected chi connectivity index (χ4v) is 4.77. The van der Waals surface area contributed by atoms with Gasteiger partial charge in [0.15, 0.2) is 0 Å². The normalized spacial score (nSPS) is 21.9. The molecule has 1 N–H and O–H groups in total. The van der Waals surface area contributed by atoms with Gasteiger partial charge in [0.1, 0.15) is 5.75 Å². The van der Waals surface area contributed by atoms with Crippen LogP contribution in [0.3, 0.4) is 0 Å². The van der Waals surface area contributed by atoms with Crippen molar-refractivity contribution in [2.24, 2.45) is 10.9 Å². The first kappa shape index (κ1) is 19.0. The molecule has 0 aromatic heterocycles. The molecule has 2 aliphatic rings. The van der Waals surface area contributed by atoms with Crippen LogP contribution in [0.15, 0.2) is 83.9 Å². The average molecular weight is 415 g/mol. The molecule has 0 bridgehead atoms. The molecule has 1 aliphatic heterocycles. The third kappa shape index (κ3) is 3.50. The number of anilines is 1. The molecule has 4 heteroatoms. The Morgan fingerprint density at radius 2 is 1.90 bits per heavy atom. The highest BCUT2D eigenvalue weighted by Crippen LogP contribution is 2.49. The highest BCUT2D eigenvalue weighted by molar-refractivity contribution is 6.30. The maximum atomic E-state index is 6.11. The van der Waals surface area contributed by atoms with Crippen LogP contribution in [0.25, 0.3) is 0 Å². The van der Waals surface area contributed by atoms with Crippen molar-refractivity contribution in [2.45, 2.75) is 18.4 Å². The van der Waals surface area contributed by atoms with E-state index in [0.717, 1.165) is 23.4 Å². The van der Waals surface area contributed by atoms with Gasteiger partial charge in [0, 0.05) is 28.4 Å². The molecule has 0 radical (unpaired) electrons. The fraction of sp³-hybridized carbons (Fsp3) is 0.192. The van der Waals surface area contributed by atoms with Crippen LogP contribution in [-0.2, 0) is 0 Å². The molecular formula is C26H23ClN2O. The number of allylic oxidation sites excluding steroid dienone is 2. The van der Waals surface area contributed by atoms with Gasteiger partial charge in [-0.3, -0.25) is 4.99 Å². The van der Waals surface area contributed by atoms with E-state index >= 15 is 0 Å². The van der Waals surface area contributed by atoms with Crippen molar-refractivity contribution in [3.8, 4) is 5.75 Å². The molecule has 3 nitrogen and oxygen atoms in total. The lowest BCUT2D eigenvalue weighted by Gasteiger charge is -2.37. The lowest BCUT2D eigenvalue weighted by molar-refractivity contribution is 0.414. The standard InChI is InChI=1S/C26H23ClN2O/c1-30-25-14-11-19(27)15-18(25)16-28-20-12-9-17(10-13-20)26-23-7-4-6-21(23)22-5-2-3-8-24(22)29-26/h2-6,8-16,21,23,26,29H,7H2,1H3/t21-,23+,26+/m1/s1. The van der Waals surface area contributed by atoms with Crippen LogP contribution in [-0.4, -0.2) is 13.3 Å². The molecule has 3 aromatic rings. The highest BCUT2D eigenvalue weighted by atomic mass is 35.5. The molecule has 30 heavy (non-hydrogen) atoms. The smallest absolute Gasteiger partial charge is 0.127 e. The minimum absolute atomic E-state index is 0.297. The largest absolute Gasteiger partial charge is 0.496 e. The van der Waals surface area contributed by atoms with E-state index in [4.69, 9.17) is 16.3 Å². The van der Waals surface area contributed by atoms with Crippen molar-refractivity contribution in [2.75, 3.05) is 12.4 Å². The monoisotopic (exact) mass is 414 g/mol. The summed E-state index contributed by atoms with van der Waals surface area (Å²) in [6.07, 6.45) is 7.59. The SMILES string of the molecule is COc1ccc(Cl)cc1C=Nc1ccc([C@@H]2Nc3ccccc3[C@H]3C=CC[C@@H]32)cc1. The molecule has 0 spiro atoms. The van der Waals surface area contributed by atoms with Gasteiger partial charge >= 0.3 is 0 Å². The second-order valence-corrected chi connectivity index (χ2v) is 8.24. The van der Waals surface area contributed by atoms with Crippen LogP contribution >= 0.6 is 11.6 Å². The molecular weight excluding hydrogens is 392 g/mol. The van der Waals surface area contributed by atoms with Gasteiger partial charge in [0.25, 0.3) is 0 Å². The summed E-state index contributed by atoms with van der Waals surface area (Å²) in [7, 11) is 1.65. The van der Waals surface area contributed by atoms with Crippen LogP contribution < -0.4 is 10.1 Å². The lowest BCUT2D eigenvalue weighted by Crippen LogP contribution is -2.28. The summed E-state index contributed by atoms with van der Waals surface area (Å²) < 4.78 is 5.39. The summed E-state index contributed by atoms with van der Waals surface area (Å²) in [5, 5.41) is 4.44. The summed E-state index contributed by atoms with van der Waals surface area (Å²) >= 11 is 6.11. The predicted octanol–water partition coefficient (Wildman–Crippen LogP) is 6.93. The van der Waals surface area contributed by atoms with Gasteiger partial charge in [-0.1, -0.05) is 54.1 Å². The number of methoxy groups -OCH3 is 1. The number of aliphatic imine (C=N–C) groups is 1. The van der Waals surface area contributed by atoms with Crippen molar-refractivity contribution in [3.05, 3.63) is 101 Å². The zero-order valence-electron chi connectivity index (χ0n) is 16.8. The molecule has 3 atom stereocenters. The maximum absolute atomic E-state index is 6.11. The summed E-state index contributed by atoms with van der Waals surface area (Å²) in [5.74, 6) is 1.79. The molecule has 3 aromatic carbocycles. The van der Waals surface area contributed by atoms with Crippen molar-refractivity contribution in [3.63, 3.8) is 0 Å². The fourth-order valence-electron chi connectivity index (χ4n) is 4.59. The summed E-state index contributed by atoms with van der Waals surface area (Å²) in [5.41, 5.74) is 5.70. The van der Waals surface area contributed by atoms with E-state index in [1.165, 1.54) is 16.8 Å². The van der Waals surface area contributed by atoms with Gasteiger partial charge in [-0.25, -0.2) is 0 Å². The van der Waals surface area contributed by atoms with E-state index in [1.54, 1.807) is 13.3 Å². The minimum Gasteiger partial charge on any atom is -0.496 e. The average Bonchev–Trinajstić information content (AvgIpc) is 3.28. The number of nitrogens with one attached hydrogen (secondary N) is 1. The Kier molecular flexibility index (Phi) is 5.06. The van der Waals surface area contributed by atoms with Gasteiger partial charge in [-0.05, 0) is 59.9 Å². The Labute approximate surface area is 182 Å². The zero-order chi connectivity index (χ0) is 20.5. The van der Waals surface area contributed by atoms with E-state index in [9.17, 15) is 0 Å². The van der Waals surface area contributed by atoms with Crippen molar-refractivity contribution >= 4 is 29.2 Å². The Bertz CT molecular complexity index is 1120. The molecule has 0 amide bonds. The van der Waals surface area contributed by atoms with E-state index in [0.29, 0.717) is 22.9 Å². The molecule has 0 saturated carbocycles. The number of ether oxygens (including phenoxy) is 1. The van der Waals surface area contributed by atoms with E-state index < -0.39 is 0 Å². The van der Waals surface area contributed by atoms with Crippen LogP contribution in [0.5, 0.6) is 5.75 Å². The molecule has 150 valence electrons. The van der Waals surface area contributed by atoms with Crippen molar-refractivity contribution in [1.82, 2.24) is 0 Å². The molecule has 0 fully saturated rings. The summed E-state index contributed by atoms with van der Waals surface area (Å²) in [6, 6.07) is 23.0. The van der Waals surface area contributed by atoms with Gasteiger partial charge in [-0.2, -0.15) is 0 Å². The van der Waals surface area contributed by atoms with Crippen LogP contribution in [0.2, 0.25) is 5.02 Å². The van der Waals surface area contributed by atoms with Gasteiger partial charge in [-0.15, -0.1) is 0 Å². The molecule has 0 saturated heterocycles. The Balaban J connectivity index is 1.39. The number of rotatable bonds is 4. The number of para-hydroxylation sites is 1. The van der Waals surface area contributed by atoms with Gasteiger partial charge in [0.2, 0.25) is 0 Å². The topological polar surface area (TPSA) is 33.6 Å². The number of fused-ring (bicyclic) bond motifs is 3. The first-order valence-corrected chi connectivity index (χ1v) is 10.6. The summed E-state index contributed by atoms with van der Waals surface area (Å²) in [6.45, 7) is 0. The second-order valence-electron chi connectivity index (χ2n) is 7.80.